The third-order valence-corrected chi connectivity index (χ3v) is 25.1. The SMILES string of the molecule is CC1(C)c2ccc(-c3ccc(-c4c5ccccc5c(-c5ccc6ccc7ccccc7c6c5)c5ccccc45)cc3)cc2-c2c1ccc1ccccc21.CC1(C)c2ccc(-c3ccc(-c4c5ccccc5c(-c5cccc6c5ccc5cc7ccccc7cc56)c5ccccc45)cc3)cc2-c2c1ccc1ccccc21. The second-order valence-electron chi connectivity index (χ2n) is 31.6. The van der Waals surface area contributed by atoms with Crippen molar-refractivity contribution in [3.05, 3.63) is 398 Å². The van der Waals surface area contributed by atoms with Crippen molar-refractivity contribution in [2.45, 2.75) is 38.5 Å². The van der Waals surface area contributed by atoms with Crippen LogP contribution in [0.25, 0.3) is 208 Å². The summed E-state index contributed by atoms with van der Waals surface area (Å²) in [6.07, 6.45) is 0. The predicted molar refractivity (Wildman–Crippen MR) is 473 cm³/mol. The van der Waals surface area contributed by atoms with Crippen molar-refractivity contribution in [3.63, 3.8) is 0 Å². The quantitative estimate of drug-likeness (QED) is 0.115. The molecule has 0 unspecified atom stereocenters. The standard InChI is InChI=1S/C57H38.C53H36/c1-57(2)52-30-28-40(34-51(52)56-42-15-6-5-12-36(42)27-31-53(56)57)35-22-24-37(25-23-35)54-46-16-7-9-18-48(46)55(49-19-10-8-17-47(49)54)45-21-11-20-43-44(45)29-26-41-32-38-13-3-4-14-39(38)33-50(41)43;1-53(2)48-29-28-38(31-47(48)52-41-14-6-4-12-35(41)27-30-49(52)53)33-19-24-37(25-20-33)50-42-15-7-9-17-44(42)51(45-18-10-8-16-43(45)50)39-26-23-36-22-21-34-11-3-5-13-40(34)46(36)32-39/h3-34H,1-2H3;3-32H,1-2H3. The highest BCUT2D eigenvalue weighted by Gasteiger charge is 2.38. The minimum Gasteiger partial charge on any atom is -0.0616 e. The fourth-order valence-electron chi connectivity index (χ4n) is 19.7. The first kappa shape index (κ1) is 63.7. The van der Waals surface area contributed by atoms with Crippen molar-refractivity contribution in [1.29, 1.82) is 0 Å². The fourth-order valence-corrected chi connectivity index (χ4v) is 19.7. The normalized spacial score (nSPS) is 13.2. The van der Waals surface area contributed by atoms with Gasteiger partial charge in [-0.2, -0.15) is 0 Å². The van der Waals surface area contributed by atoms with E-state index in [2.05, 4.69) is 404 Å². The third-order valence-electron chi connectivity index (χ3n) is 25.1. The van der Waals surface area contributed by atoms with Gasteiger partial charge < -0.3 is 0 Å². The van der Waals surface area contributed by atoms with E-state index in [0.29, 0.717) is 0 Å². The van der Waals surface area contributed by atoms with Gasteiger partial charge in [0, 0.05) is 10.8 Å². The third kappa shape index (κ3) is 9.72. The summed E-state index contributed by atoms with van der Waals surface area (Å²) in [7, 11) is 0. The molecule has 21 aromatic carbocycles. The van der Waals surface area contributed by atoms with Crippen molar-refractivity contribution >= 4 is 118 Å². The maximum Gasteiger partial charge on any atom is 0.0159 e. The van der Waals surface area contributed by atoms with Crippen LogP contribution in [-0.4, -0.2) is 0 Å². The van der Waals surface area contributed by atoms with Crippen LogP contribution in [0.15, 0.2) is 376 Å². The van der Waals surface area contributed by atoms with Gasteiger partial charge in [0.2, 0.25) is 0 Å². The molecule has 2 aliphatic carbocycles. The highest BCUT2D eigenvalue weighted by Crippen LogP contribution is 2.56. The van der Waals surface area contributed by atoms with E-state index in [-0.39, 0.29) is 10.8 Å². The van der Waals surface area contributed by atoms with Crippen LogP contribution in [0.3, 0.4) is 0 Å². The Hall–Kier alpha value is -13.5. The summed E-state index contributed by atoms with van der Waals surface area (Å²) >= 11 is 0. The highest BCUT2D eigenvalue weighted by molar-refractivity contribution is 6.26. The van der Waals surface area contributed by atoms with Crippen LogP contribution < -0.4 is 0 Å². The second kappa shape index (κ2) is 24.5. The van der Waals surface area contributed by atoms with Crippen molar-refractivity contribution in [2.24, 2.45) is 0 Å². The maximum atomic E-state index is 2.43. The van der Waals surface area contributed by atoms with Gasteiger partial charge in [-0.15, -0.1) is 0 Å². The van der Waals surface area contributed by atoms with Crippen molar-refractivity contribution in [1.82, 2.24) is 0 Å². The molecule has 0 atom stereocenters. The monoisotopic (exact) mass is 1390 g/mol. The minimum atomic E-state index is -0.0416. The molecular weight excluding hydrogens is 1320 g/mol. The van der Waals surface area contributed by atoms with Gasteiger partial charge in [-0.25, -0.2) is 0 Å². The van der Waals surface area contributed by atoms with E-state index < -0.39 is 0 Å². The van der Waals surface area contributed by atoms with E-state index in [1.165, 1.54) is 230 Å². The number of benzene rings is 21. The van der Waals surface area contributed by atoms with Gasteiger partial charge in [0.15, 0.2) is 0 Å². The van der Waals surface area contributed by atoms with Crippen molar-refractivity contribution in [2.75, 3.05) is 0 Å². The minimum absolute atomic E-state index is 0.0357. The molecule has 0 N–H and O–H groups in total. The van der Waals surface area contributed by atoms with E-state index in [1.54, 1.807) is 0 Å². The first-order chi connectivity index (χ1) is 54.1. The molecule has 0 fully saturated rings. The van der Waals surface area contributed by atoms with E-state index in [0.717, 1.165) is 0 Å². The van der Waals surface area contributed by atoms with Crippen LogP contribution >= 0.6 is 0 Å². The fraction of sp³-hybridized carbons (Fsp3) is 0.0545. The Balaban J connectivity index is 0.000000136. The van der Waals surface area contributed by atoms with E-state index in [4.69, 9.17) is 0 Å². The van der Waals surface area contributed by atoms with Gasteiger partial charge in [-0.05, 0) is 260 Å². The number of rotatable bonds is 6. The Morgan fingerprint density at radius 2 is 0.445 bits per heavy atom. The molecule has 23 rings (SSSR count). The molecule has 0 amide bonds. The van der Waals surface area contributed by atoms with Crippen LogP contribution in [0.4, 0.5) is 0 Å². The zero-order valence-electron chi connectivity index (χ0n) is 61.8. The molecule has 0 nitrogen and oxygen atoms in total. The molecule has 21 aromatic rings. The van der Waals surface area contributed by atoms with Gasteiger partial charge in [-0.3, -0.25) is 0 Å². The number of fused-ring (bicyclic) bond motifs is 21. The molecule has 2 aliphatic rings. The first-order valence-electron chi connectivity index (χ1n) is 38.8. The summed E-state index contributed by atoms with van der Waals surface area (Å²) in [6.45, 7) is 9.46. The average molecular weight is 1400 g/mol. The molecule has 110 heavy (non-hydrogen) atoms. The largest absolute Gasteiger partial charge is 0.0616 e. The van der Waals surface area contributed by atoms with Gasteiger partial charge in [0.25, 0.3) is 0 Å². The Bertz CT molecular complexity index is 7370. The van der Waals surface area contributed by atoms with Crippen LogP contribution in [0, 0.1) is 0 Å². The lowest BCUT2D eigenvalue weighted by Gasteiger charge is -2.21. The zero-order chi connectivity index (χ0) is 73.1. The summed E-state index contributed by atoms with van der Waals surface area (Å²) in [4.78, 5) is 0. The average Bonchev–Trinajstić information content (AvgIpc) is 0.822. The molecule has 0 bridgehead atoms. The van der Waals surface area contributed by atoms with E-state index in [1.807, 2.05) is 0 Å². The Kier molecular flexibility index (Phi) is 14.2. The lowest BCUT2D eigenvalue weighted by atomic mass is 9.82. The first-order valence-corrected chi connectivity index (χ1v) is 38.8. The Labute approximate surface area is 640 Å². The molecule has 0 spiro atoms. The van der Waals surface area contributed by atoms with Crippen LogP contribution in [0.2, 0.25) is 0 Å². The molecular formula is C110H74. The number of hydrogen-bond donors (Lipinski definition) is 0. The molecule has 514 valence electrons. The lowest BCUT2D eigenvalue weighted by Crippen LogP contribution is -2.14. The van der Waals surface area contributed by atoms with Gasteiger partial charge in [0.05, 0.1) is 0 Å². The topological polar surface area (TPSA) is 0 Å². The summed E-state index contributed by atoms with van der Waals surface area (Å²) in [6, 6.07) is 141. The summed E-state index contributed by atoms with van der Waals surface area (Å²) < 4.78 is 0. The Morgan fingerprint density at radius 1 is 0.136 bits per heavy atom. The molecule has 0 saturated heterocycles. The van der Waals surface area contributed by atoms with Crippen LogP contribution in [-0.2, 0) is 10.8 Å². The molecule has 0 radical (unpaired) electrons. The van der Waals surface area contributed by atoms with E-state index in [9.17, 15) is 0 Å². The van der Waals surface area contributed by atoms with Crippen LogP contribution in [0.5, 0.6) is 0 Å². The summed E-state index contributed by atoms with van der Waals surface area (Å²) in [5.74, 6) is 0. The van der Waals surface area contributed by atoms with Gasteiger partial charge >= 0.3 is 0 Å². The lowest BCUT2D eigenvalue weighted by molar-refractivity contribution is 0.661. The highest BCUT2D eigenvalue weighted by atomic mass is 14.4. The smallest absolute Gasteiger partial charge is 0.0159 e. The van der Waals surface area contributed by atoms with Gasteiger partial charge in [-0.1, -0.05) is 373 Å². The molecule has 0 aliphatic heterocycles. The predicted octanol–water partition coefficient (Wildman–Crippen LogP) is 30.7. The molecule has 0 heteroatoms. The molecule has 0 saturated carbocycles. The summed E-state index contributed by atoms with van der Waals surface area (Å²) in [5.41, 5.74) is 26.1. The maximum absolute atomic E-state index is 2.43. The second-order valence-corrected chi connectivity index (χ2v) is 31.6. The molecule has 0 heterocycles. The zero-order valence-corrected chi connectivity index (χ0v) is 61.8. The van der Waals surface area contributed by atoms with E-state index >= 15 is 0 Å². The van der Waals surface area contributed by atoms with Crippen molar-refractivity contribution < 1.29 is 0 Å². The number of hydrogen-bond acceptors (Lipinski definition) is 0. The van der Waals surface area contributed by atoms with Crippen molar-refractivity contribution in [3.8, 4) is 89.0 Å². The summed E-state index contributed by atoms with van der Waals surface area (Å²) in [5, 5.41) is 28.2. The van der Waals surface area contributed by atoms with Crippen LogP contribution in [0.1, 0.15) is 49.9 Å². The Morgan fingerprint density at radius 3 is 0.918 bits per heavy atom. The molecule has 0 aromatic heterocycles. The van der Waals surface area contributed by atoms with Gasteiger partial charge in [0.1, 0.15) is 0 Å².